The minimum atomic E-state index is 0.109. The molecule has 0 aliphatic heterocycles. The summed E-state index contributed by atoms with van der Waals surface area (Å²) in [5.41, 5.74) is 9.37. The number of nitrogens with two attached hydrogens (primary N) is 1. The Morgan fingerprint density at radius 1 is 1.11 bits per heavy atom. The average Bonchev–Trinajstić information content (AvgIpc) is 2.36. The van der Waals surface area contributed by atoms with Gasteiger partial charge in [0.1, 0.15) is 11.6 Å². The molecule has 0 saturated heterocycles. The number of nitrogens with zero attached hydrogens (tertiary/aromatic N) is 3. The zero-order valence-corrected chi connectivity index (χ0v) is 11.6. The van der Waals surface area contributed by atoms with Gasteiger partial charge >= 0.3 is 0 Å². The molecular formula is C14H18N4O. The van der Waals surface area contributed by atoms with Crippen LogP contribution in [0.1, 0.15) is 25.0 Å². The van der Waals surface area contributed by atoms with Gasteiger partial charge in [-0.05, 0) is 44.9 Å². The maximum Gasteiger partial charge on any atom is 0.149 e. The lowest BCUT2D eigenvalue weighted by Crippen LogP contribution is -2.06. The monoisotopic (exact) mass is 258 g/mol. The van der Waals surface area contributed by atoms with Crippen molar-refractivity contribution >= 4 is 5.82 Å². The fourth-order valence-corrected chi connectivity index (χ4v) is 1.78. The molecule has 0 radical (unpaired) electrons. The van der Waals surface area contributed by atoms with Crippen molar-refractivity contribution in [2.24, 2.45) is 0 Å². The lowest BCUT2D eigenvalue weighted by atomic mass is 10.1. The molecular weight excluding hydrogens is 240 g/mol. The lowest BCUT2D eigenvalue weighted by molar-refractivity contribution is 0.241. The van der Waals surface area contributed by atoms with E-state index in [0.717, 1.165) is 28.1 Å². The number of hydrogen-bond donors (Lipinski definition) is 1. The normalized spacial score (nSPS) is 10.8. The second-order valence-electron chi connectivity index (χ2n) is 4.76. The van der Waals surface area contributed by atoms with Crippen molar-refractivity contribution in [3.8, 4) is 17.0 Å². The van der Waals surface area contributed by atoms with Crippen LogP contribution < -0.4 is 10.5 Å². The van der Waals surface area contributed by atoms with Gasteiger partial charge in [0.2, 0.25) is 0 Å². The van der Waals surface area contributed by atoms with Gasteiger partial charge in [0.05, 0.1) is 18.0 Å². The largest absolute Gasteiger partial charge is 0.489 e. The van der Waals surface area contributed by atoms with E-state index in [9.17, 15) is 0 Å². The van der Waals surface area contributed by atoms with Gasteiger partial charge in [-0.1, -0.05) is 0 Å². The quantitative estimate of drug-likeness (QED) is 0.915. The molecule has 0 spiro atoms. The molecule has 0 saturated carbocycles. The van der Waals surface area contributed by atoms with Crippen molar-refractivity contribution in [3.63, 3.8) is 0 Å². The Labute approximate surface area is 112 Å². The van der Waals surface area contributed by atoms with Gasteiger partial charge in [0, 0.05) is 11.8 Å². The molecule has 0 aliphatic rings. The van der Waals surface area contributed by atoms with Crippen LogP contribution >= 0.6 is 0 Å². The van der Waals surface area contributed by atoms with Crippen molar-refractivity contribution in [1.29, 1.82) is 0 Å². The highest BCUT2D eigenvalue weighted by molar-refractivity contribution is 5.66. The molecule has 5 heteroatoms. The highest BCUT2D eigenvalue weighted by atomic mass is 16.5. The van der Waals surface area contributed by atoms with E-state index in [0.29, 0.717) is 5.82 Å². The third-order valence-corrected chi connectivity index (χ3v) is 2.92. The Morgan fingerprint density at radius 3 is 2.53 bits per heavy atom. The number of rotatable bonds is 3. The van der Waals surface area contributed by atoms with Crippen LogP contribution in [-0.2, 0) is 0 Å². The van der Waals surface area contributed by atoms with Crippen molar-refractivity contribution < 1.29 is 4.74 Å². The Balaban J connectivity index is 2.45. The molecule has 0 atom stereocenters. The molecule has 0 amide bonds. The summed E-state index contributed by atoms with van der Waals surface area (Å²) in [6, 6.07) is 1.92. The Kier molecular flexibility index (Phi) is 3.64. The summed E-state index contributed by atoms with van der Waals surface area (Å²) in [5, 5.41) is 8.12. The fraction of sp³-hybridized carbons (Fsp3) is 0.357. The van der Waals surface area contributed by atoms with Crippen LogP contribution in [0.4, 0.5) is 5.82 Å². The Hall–Kier alpha value is -2.17. The van der Waals surface area contributed by atoms with Crippen LogP contribution in [0.5, 0.6) is 5.75 Å². The molecule has 0 bridgehead atoms. The molecule has 2 heterocycles. The van der Waals surface area contributed by atoms with E-state index < -0.39 is 0 Å². The Bertz CT molecular complexity index is 596. The number of anilines is 1. The molecule has 0 aromatic carbocycles. The first-order valence-corrected chi connectivity index (χ1v) is 6.20. The topological polar surface area (TPSA) is 73.9 Å². The molecule has 19 heavy (non-hydrogen) atoms. The summed E-state index contributed by atoms with van der Waals surface area (Å²) in [5.74, 6) is 1.19. The second kappa shape index (κ2) is 5.22. The zero-order valence-electron chi connectivity index (χ0n) is 11.6. The highest BCUT2D eigenvalue weighted by Gasteiger charge is 2.11. The first-order valence-electron chi connectivity index (χ1n) is 6.20. The first-order chi connectivity index (χ1) is 8.99. The number of nitrogen functional groups attached to an aromatic ring is 1. The van der Waals surface area contributed by atoms with Crippen molar-refractivity contribution in [3.05, 3.63) is 29.6 Å². The maximum atomic E-state index is 5.75. The van der Waals surface area contributed by atoms with E-state index in [-0.39, 0.29) is 6.10 Å². The van der Waals surface area contributed by atoms with Crippen LogP contribution in [0.25, 0.3) is 11.3 Å². The molecule has 2 rings (SSSR count). The SMILES string of the molecule is Cc1c(N)nnc(-c2cncc(OC(C)C)c2)c1C. The maximum absolute atomic E-state index is 5.75. The van der Waals surface area contributed by atoms with Crippen LogP contribution in [0, 0.1) is 13.8 Å². The van der Waals surface area contributed by atoms with Crippen LogP contribution in [0.2, 0.25) is 0 Å². The predicted molar refractivity (Wildman–Crippen MR) is 74.9 cm³/mol. The summed E-state index contributed by atoms with van der Waals surface area (Å²) >= 11 is 0. The summed E-state index contributed by atoms with van der Waals surface area (Å²) in [6.07, 6.45) is 3.55. The summed E-state index contributed by atoms with van der Waals surface area (Å²) in [7, 11) is 0. The second-order valence-corrected chi connectivity index (χ2v) is 4.76. The van der Waals surface area contributed by atoms with E-state index in [1.165, 1.54) is 0 Å². The van der Waals surface area contributed by atoms with Gasteiger partial charge in [-0.2, -0.15) is 0 Å². The molecule has 5 nitrogen and oxygen atoms in total. The molecule has 2 aromatic heterocycles. The molecule has 0 fully saturated rings. The standard InChI is InChI=1S/C14H18N4O/c1-8(2)19-12-5-11(6-16-7-12)13-9(3)10(4)14(15)18-17-13/h5-8H,1-4H3,(H2,15,18). The van der Waals surface area contributed by atoms with E-state index >= 15 is 0 Å². The average molecular weight is 258 g/mol. The van der Waals surface area contributed by atoms with Gasteiger partial charge in [-0.25, -0.2) is 0 Å². The summed E-state index contributed by atoms with van der Waals surface area (Å²) < 4.78 is 5.63. The van der Waals surface area contributed by atoms with Crippen molar-refractivity contribution in [2.75, 3.05) is 5.73 Å². The number of hydrogen-bond acceptors (Lipinski definition) is 5. The van der Waals surface area contributed by atoms with Gasteiger partial charge < -0.3 is 10.5 Å². The molecule has 2 N–H and O–H groups in total. The highest BCUT2D eigenvalue weighted by Crippen LogP contribution is 2.26. The van der Waals surface area contributed by atoms with Crippen molar-refractivity contribution in [2.45, 2.75) is 33.8 Å². The minimum Gasteiger partial charge on any atom is -0.489 e. The third-order valence-electron chi connectivity index (χ3n) is 2.92. The van der Waals surface area contributed by atoms with Crippen LogP contribution in [0.15, 0.2) is 18.5 Å². The first kappa shape index (κ1) is 13.3. The summed E-state index contributed by atoms with van der Waals surface area (Å²) in [6.45, 7) is 7.87. The molecule has 0 unspecified atom stereocenters. The molecule has 100 valence electrons. The third kappa shape index (κ3) is 2.81. The predicted octanol–water partition coefficient (Wildman–Crippen LogP) is 2.52. The van der Waals surface area contributed by atoms with E-state index in [1.807, 2.05) is 33.8 Å². The minimum absolute atomic E-state index is 0.109. The summed E-state index contributed by atoms with van der Waals surface area (Å²) in [4.78, 5) is 4.18. The number of ether oxygens (including phenoxy) is 1. The van der Waals surface area contributed by atoms with Gasteiger partial charge in [0.15, 0.2) is 0 Å². The number of pyridine rings is 1. The zero-order chi connectivity index (χ0) is 14.0. The van der Waals surface area contributed by atoms with E-state index in [2.05, 4.69) is 15.2 Å². The fourth-order valence-electron chi connectivity index (χ4n) is 1.78. The van der Waals surface area contributed by atoms with Crippen LogP contribution in [-0.4, -0.2) is 21.3 Å². The smallest absolute Gasteiger partial charge is 0.149 e. The van der Waals surface area contributed by atoms with Crippen LogP contribution in [0.3, 0.4) is 0 Å². The molecule has 0 aliphatic carbocycles. The Morgan fingerprint density at radius 2 is 1.84 bits per heavy atom. The van der Waals surface area contributed by atoms with Gasteiger partial charge in [0.25, 0.3) is 0 Å². The number of aromatic nitrogens is 3. The molecule has 2 aromatic rings. The van der Waals surface area contributed by atoms with E-state index in [1.54, 1.807) is 12.4 Å². The lowest BCUT2D eigenvalue weighted by Gasteiger charge is -2.12. The van der Waals surface area contributed by atoms with Gasteiger partial charge in [-0.15, -0.1) is 10.2 Å². The van der Waals surface area contributed by atoms with E-state index in [4.69, 9.17) is 10.5 Å². The van der Waals surface area contributed by atoms with Gasteiger partial charge in [-0.3, -0.25) is 4.98 Å². The van der Waals surface area contributed by atoms with Crippen molar-refractivity contribution in [1.82, 2.24) is 15.2 Å².